The van der Waals surface area contributed by atoms with Crippen molar-refractivity contribution < 1.29 is 37.3 Å². The third-order valence-electron chi connectivity index (χ3n) is 8.89. The number of hydrogen-bond acceptors (Lipinski definition) is 5. The molecule has 1 radical (unpaired) electrons. The van der Waals surface area contributed by atoms with Gasteiger partial charge in [0.05, 0.1) is 12.7 Å². The Balaban J connectivity index is 0.000000703. The minimum atomic E-state index is 0. The molecule has 0 unspecified atom stereocenters. The second kappa shape index (κ2) is 23.9. The Labute approximate surface area is 384 Å². The molecule has 0 bridgehead atoms. The van der Waals surface area contributed by atoms with E-state index in [1.807, 2.05) is 37.4 Å². The van der Waals surface area contributed by atoms with Crippen LogP contribution < -0.4 is 15.3 Å². The number of hydrogen-bond donors (Lipinski definition) is 0. The van der Waals surface area contributed by atoms with E-state index >= 15 is 0 Å². The molecule has 0 aromatic carbocycles. The summed E-state index contributed by atoms with van der Waals surface area (Å²) in [6.07, 6.45) is 16.3. The summed E-state index contributed by atoms with van der Waals surface area (Å²) < 4.78 is 4.20. The summed E-state index contributed by atoms with van der Waals surface area (Å²) in [6, 6.07) is 6.33. The summed E-state index contributed by atoms with van der Waals surface area (Å²) >= 11 is 0. The predicted molar refractivity (Wildman–Crippen MR) is 239 cm³/mol. The first kappa shape index (κ1) is 55.3. The summed E-state index contributed by atoms with van der Waals surface area (Å²) in [5.74, 6) is 0. The molecule has 5 heterocycles. The molecule has 0 spiro atoms. The Morgan fingerprint density at radius 3 is 0.828 bits per heavy atom. The van der Waals surface area contributed by atoms with E-state index in [-0.39, 0.29) is 69.8 Å². The van der Waals surface area contributed by atoms with Crippen LogP contribution in [0.25, 0.3) is 0 Å². The third-order valence-corrected chi connectivity index (χ3v) is 8.89. The molecule has 0 amide bonds. The molecule has 5 rings (SSSR count). The van der Waals surface area contributed by atoms with E-state index < -0.39 is 0 Å². The maximum atomic E-state index is 4.20. The van der Waals surface area contributed by atoms with Crippen LogP contribution in [-0.4, -0.2) is 34.4 Å². The smallest absolute Gasteiger partial charge is 0.578 e. The van der Waals surface area contributed by atoms with Crippen molar-refractivity contribution in [2.24, 2.45) is 0 Å². The van der Waals surface area contributed by atoms with Crippen LogP contribution >= 0.6 is 0 Å². The van der Waals surface area contributed by atoms with Crippen molar-refractivity contribution in [2.45, 2.75) is 210 Å². The van der Waals surface area contributed by atoms with E-state index in [9.17, 15) is 0 Å². The van der Waals surface area contributed by atoms with Crippen molar-refractivity contribution in [1.82, 2.24) is 49.7 Å². The van der Waals surface area contributed by atoms with E-state index in [1.54, 1.807) is 0 Å². The van der Waals surface area contributed by atoms with Crippen LogP contribution in [0.5, 0.6) is 0 Å². The fraction of sp³-hybridized carbons (Fsp3) is 0.681. The number of nitrogens with zero attached hydrogens (tertiary/aromatic N) is 10. The number of aromatic nitrogens is 10. The van der Waals surface area contributed by atoms with Crippen LogP contribution in [0.1, 0.15) is 198 Å². The predicted octanol–water partition coefficient (Wildman–Crippen LogP) is 11.3. The van der Waals surface area contributed by atoms with Crippen LogP contribution in [0.4, 0.5) is 0 Å². The van der Waals surface area contributed by atoms with Gasteiger partial charge in [0, 0.05) is 71.2 Å². The van der Waals surface area contributed by atoms with Crippen LogP contribution in [0.3, 0.4) is 0 Å². The molecular formula is C47H81ErN10. The first-order valence-corrected chi connectivity index (χ1v) is 21.0. The molecule has 0 atom stereocenters. The van der Waals surface area contributed by atoms with Crippen molar-refractivity contribution in [2.75, 3.05) is 0 Å². The van der Waals surface area contributed by atoms with Crippen molar-refractivity contribution >= 4 is 0 Å². The van der Waals surface area contributed by atoms with E-state index in [4.69, 9.17) is 0 Å². The number of imidazole rings is 2. The van der Waals surface area contributed by atoms with Gasteiger partial charge < -0.3 is 39.7 Å². The zero-order valence-electron chi connectivity index (χ0n) is 40.2. The van der Waals surface area contributed by atoms with Gasteiger partial charge in [-0.05, 0) is 29.1 Å². The maximum Gasteiger partial charge on any atom is 3.00 e. The second-order valence-electron chi connectivity index (χ2n) is 21.2. The molecule has 331 valence electrons. The molecule has 0 aliphatic heterocycles. The molecule has 0 N–H and O–H groups in total. The molecule has 0 aliphatic carbocycles. The third kappa shape index (κ3) is 21.5. The zero-order valence-corrected chi connectivity index (χ0v) is 42.1. The maximum absolute atomic E-state index is 4.20. The van der Waals surface area contributed by atoms with Gasteiger partial charge in [-0.15, -0.1) is 17.1 Å². The van der Waals surface area contributed by atoms with E-state index in [2.05, 4.69) is 206 Å². The number of rotatable bonds is 6. The van der Waals surface area contributed by atoms with Crippen LogP contribution in [0, 0.1) is 37.3 Å². The summed E-state index contributed by atoms with van der Waals surface area (Å²) in [5, 5.41) is 25.2. The average Bonchev–Trinajstić information content (AvgIpc) is 3.90. The molecule has 0 aliphatic rings. The molecular weight excluding hydrogens is 872 g/mol. The van der Waals surface area contributed by atoms with Crippen LogP contribution in [0.15, 0.2) is 55.6 Å². The molecule has 5 aromatic rings. The van der Waals surface area contributed by atoms with Gasteiger partial charge in [0.25, 0.3) is 0 Å². The minimum Gasteiger partial charge on any atom is -0.578 e. The first-order chi connectivity index (χ1) is 26.0. The van der Waals surface area contributed by atoms with E-state index in [1.165, 1.54) is 25.7 Å². The van der Waals surface area contributed by atoms with Crippen LogP contribution in [-0.2, 0) is 45.6 Å². The van der Waals surface area contributed by atoms with Crippen molar-refractivity contribution in [3.63, 3.8) is 0 Å². The summed E-state index contributed by atoms with van der Waals surface area (Å²) in [5.41, 5.74) is 7.13. The molecule has 58 heavy (non-hydrogen) atoms. The number of aryl methyl sites for hydroxylation is 2. The van der Waals surface area contributed by atoms with Gasteiger partial charge in [0.2, 0.25) is 0 Å². The fourth-order valence-electron chi connectivity index (χ4n) is 4.60. The molecule has 0 saturated carbocycles. The minimum absolute atomic E-state index is 0. The summed E-state index contributed by atoms with van der Waals surface area (Å²) in [4.78, 5) is 7.88. The Kier molecular flexibility index (Phi) is 22.8. The van der Waals surface area contributed by atoms with Crippen molar-refractivity contribution in [3.05, 3.63) is 89.8 Å². The van der Waals surface area contributed by atoms with Gasteiger partial charge in [0.15, 0.2) is 0 Å². The van der Waals surface area contributed by atoms with Crippen molar-refractivity contribution in [3.8, 4) is 0 Å². The Hall–Kier alpha value is -2.70. The molecule has 11 heteroatoms. The fourth-order valence-corrected chi connectivity index (χ4v) is 4.60. The van der Waals surface area contributed by atoms with Gasteiger partial charge in [-0.2, -0.15) is 0 Å². The first-order valence-electron chi connectivity index (χ1n) is 21.0. The molecule has 0 saturated heterocycles. The average molecular weight is 953 g/mol. The Bertz CT molecular complexity index is 1480. The summed E-state index contributed by atoms with van der Waals surface area (Å²) in [6.45, 7) is 45.4. The molecule has 5 aromatic heterocycles. The second-order valence-corrected chi connectivity index (χ2v) is 21.2. The molecule has 10 nitrogen and oxygen atoms in total. The summed E-state index contributed by atoms with van der Waals surface area (Å²) in [7, 11) is 0. The zero-order chi connectivity index (χ0) is 43.9. The number of unbranched alkanes of at least 4 members (excludes halogenated alkanes) is 2. The van der Waals surface area contributed by atoms with Crippen LogP contribution in [0.2, 0.25) is 0 Å². The van der Waals surface area contributed by atoms with Gasteiger partial charge in [-0.3, -0.25) is 0 Å². The topological polar surface area (TPSA) is 117 Å². The van der Waals surface area contributed by atoms with E-state index in [0.29, 0.717) is 0 Å². The Morgan fingerprint density at radius 1 is 0.431 bits per heavy atom. The van der Waals surface area contributed by atoms with Gasteiger partial charge >= 0.3 is 37.3 Å². The quantitative estimate of drug-likeness (QED) is 0.165. The van der Waals surface area contributed by atoms with Crippen molar-refractivity contribution in [1.29, 1.82) is 0 Å². The Morgan fingerprint density at radius 2 is 0.690 bits per heavy atom. The largest absolute Gasteiger partial charge is 3.00 e. The SMILES string of the molecule is CC(C)(C)c1cc(C(C)(C)C)[n-]n1.CC(C)(C)c1cc(C(C)(C)C)[n-]n1.CC(C)(C)c1cc(C(C)(C)C)[n-]n1.CCCCn1ccnc1.CCCCn1ccnc1.[Er+3]. The van der Waals surface area contributed by atoms with Gasteiger partial charge in [-0.25, -0.2) is 9.97 Å². The van der Waals surface area contributed by atoms with Gasteiger partial charge in [-0.1, -0.05) is 170 Å². The van der Waals surface area contributed by atoms with Gasteiger partial charge in [0.1, 0.15) is 0 Å². The normalized spacial score (nSPS) is 12.1. The van der Waals surface area contributed by atoms with E-state index in [0.717, 1.165) is 47.3 Å². The molecule has 0 fully saturated rings. The standard InChI is InChI=1S/3C11H19N2.2C7H12N2.Er/c3*1-10(2,3)8-7-9(13-12-8)11(4,5)6;2*1-2-3-5-9-6-4-8-7-9;/h3*7H,1-6H3;2*4,6-7H,2-3,5H2,1H3;/q3*-1;;;+3. The monoisotopic (exact) mass is 952 g/mol.